The summed E-state index contributed by atoms with van der Waals surface area (Å²) in [6, 6.07) is 12.7. The number of rotatable bonds is 5. The first-order valence-corrected chi connectivity index (χ1v) is 7.49. The lowest BCUT2D eigenvalue weighted by Gasteiger charge is -2.05. The van der Waals surface area contributed by atoms with E-state index in [0.717, 1.165) is 0 Å². The van der Waals surface area contributed by atoms with Crippen LogP contribution in [0.1, 0.15) is 5.56 Å². The Bertz CT molecular complexity index is 743. The molecule has 0 saturated carbocycles. The fourth-order valence-corrected chi connectivity index (χ4v) is 2.44. The highest BCUT2D eigenvalue weighted by Gasteiger charge is 2.11. The van der Waals surface area contributed by atoms with Crippen molar-refractivity contribution in [1.29, 1.82) is 0 Å². The van der Waals surface area contributed by atoms with E-state index in [1.54, 1.807) is 36.4 Å². The van der Waals surface area contributed by atoms with Gasteiger partial charge >= 0.3 is 0 Å². The third kappa shape index (κ3) is 3.51. The Hall–Kier alpha value is -2.54. The molecule has 0 bridgehead atoms. The number of phenolic OH excluding ortho intramolecular Hbond substituents is 1. The van der Waals surface area contributed by atoms with E-state index in [0.29, 0.717) is 5.56 Å². The largest absolute Gasteiger partial charge is 0.504 e. The second kappa shape index (κ2) is 6.27. The van der Waals surface area contributed by atoms with E-state index in [2.05, 4.69) is 9.93 Å². The van der Waals surface area contributed by atoms with Gasteiger partial charge in [0, 0.05) is 5.56 Å². The summed E-state index contributed by atoms with van der Waals surface area (Å²) < 4.78 is 28.8. The van der Waals surface area contributed by atoms with Gasteiger partial charge in [0.05, 0.1) is 18.2 Å². The van der Waals surface area contributed by atoms with Crippen molar-refractivity contribution in [2.24, 2.45) is 5.10 Å². The van der Waals surface area contributed by atoms with Gasteiger partial charge in [0.2, 0.25) is 0 Å². The van der Waals surface area contributed by atoms with Gasteiger partial charge in [-0.2, -0.15) is 13.5 Å². The monoisotopic (exact) mass is 306 g/mol. The summed E-state index contributed by atoms with van der Waals surface area (Å²) in [7, 11) is -2.30. The van der Waals surface area contributed by atoms with Gasteiger partial charge in [0.15, 0.2) is 11.5 Å². The van der Waals surface area contributed by atoms with E-state index in [1.165, 1.54) is 25.5 Å². The van der Waals surface area contributed by atoms with Crippen LogP contribution < -0.4 is 9.57 Å². The van der Waals surface area contributed by atoms with Crippen LogP contribution in [0.3, 0.4) is 0 Å². The summed E-state index contributed by atoms with van der Waals surface area (Å²) in [6.07, 6.45) is 1.21. The number of hydrazone groups is 1. The maximum Gasteiger partial charge on any atom is 0.276 e. The summed E-state index contributed by atoms with van der Waals surface area (Å²) in [5, 5.41) is 13.5. The van der Waals surface area contributed by atoms with Crippen molar-refractivity contribution in [3.8, 4) is 11.5 Å². The van der Waals surface area contributed by atoms with Gasteiger partial charge in [-0.3, -0.25) is 0 Å². The van der Waals surface area contributed by atoms with Crippen molar-refractivity contribution in [3.63, 3.8) is 0 Å². The number of nitrogens with zero attached hydrogens (tertiary/aromatic N) is 1. The highest BCUT2D eigenvalue weighted by Crippen LogP contribution is 2.27. The van der Waals surface area contributed by atoms with Crippen molar-refractivity contribution in [2.45, 2.75) is 4.90 Å². The third-order valence-corrected chi connectivity index (χ3v) is 3.92. The molecule has 0 aliphatic rings. The van der Waals surface area contributed by atoms with Crippen LogP contribution in [-0.4, -0.2) is 26.8 Å². The highest BCUT2D eigenvalue weighted by atomic mass is 32.2. The summed E-state index contributed by atoms with van der Waals surface area (Å²) in [6.45, 7) is 0. The van der Waals surface area contributed by atoms with Crippen LogP contribution in [0.5, 0.6) is 11.5 Å². The molecule has 0 unspecified atom stereocenters. The molecule has 2 N–H and O–H groups in total. The van der Waals surface area contributed by atoms with Crippen LogP contribution in [-0.2, 0) is 10.0 Å². The average molecular weight is 306 g/mol. The summed E-state index contributed by atoms with van der Waals surface area (Å²) in [4.78, 5) is 2.19. The average Bonchev–Trinajstić information content (AvgIpc) is 2.50. The number of hydrogen-bond donors (Lipinski definition) is 2. The zero-order chi connectivity index (χ0) is 15.3. The Labute approximate surface area is 122 Å². The van der Waals surface area contributed by atoms with Gasteiger partial charge in [-0.05, 0) is 24.3 Å². The van der Waals surface area contributed by atoms with Crippen LogP contribution in [0.4, 0.5) is 0 Å². The molecule has 21 heavy (non-hydrogen) atoms. The van der Waals surface area contributed by atoms with E-state index in [-0.39, 0.29) is 16.4 Å². The molecule has 0 atom stereocenters. The van der Waals surface area contributed by atoms with Crippen LogP contribution in [0, 0.1) is 0 Å². The maximum absolute atomic E-state index is 11.9. The smallest absolute Gasteiger partial charge is 0.276 e. The molecule has 0 aliphatic carbocycles. The van der Waals surface area contributed by atoms with E-state index in [1.807, 2.05) is 0 Å². The minimum Gasteiger partial charge on any atom is -0.504 e. The number of benzene rings is 2. The molecule has 0 aromatic heterocycles. The molecule has 0 saturated heterocycles. The molecule has 2 rings (SSSR count). The van der Waals surface area contributed by atoms with Crippen molar-refractivity contribution in [3.05, 3.63) is 54.1 Å². The van der Waals surface area contributed by atoms with E-state index >= 15 is 0 Å². The second-order valence-electron chi connectivity index (χ2n) is 4.06. The number of methoxy groups -OCH3 is 1. The molecule has 0 amide bonds. The minimum atomic E-state index is -3.72. The van der Waals surface area contributed by atoms with Crippen LogP contribution in [0.2, 0.25) is 0 Å². The minimum absolute atomic E-state index is 0.108. The molecule has 0 radical (unpaired) electrons. The Balaban J connectivity index is 2.17. The fourth-order valence-electron chi connectivity index (χ4n) is 1.63. The molecule has 6 nitrogen and oxygen atoms in total. The van der Waals surface area contributed by atoms with Gasteiger partial charge < -0.3 is 9.84 Å². The van der Waals surface area contributed by atoms with Gasteiger partial charge in [-0.15, -0.1) is 0 Å². The van der Waals surface area contributed by atoms with Crippen LogP contribution in [0.15, 0.2) is 58.5 Å². The number of hydrogen-bond acceptors (Lipinski definition) is 5. The first-order valence-electron chi connectivity index (χ1n) is 6.00. The lowest BCUT2D eigenvalue weighted by Crippen LogP contribution is -2.18. The number of aromatic hydroxyl groups is 1. The van der Waals surface area contributed by atoms with Gasteiger partial charge in [0.25, 0.3) is 10.0 Å². The Kier molecular flexibility index (Phi) is 4.44. The lowest BCUT2D eigenvalue weighted by molar-refractivity contribution is 0.373. The molecule has 0 spiro atoms. The normalized spacial score (nSPS) is 11.5. The van der Waals surface area contributed by atoms with Crippen molar-refractivity contribution in [2.75, 3.05) is 7.11 Å². The molecule has 0 fully saturated rings. The molecule has 110 valence electrons. The molecule has 0 aliphatic heterocycles. The van der Waals surface area contributed by atoms with Crippen molar-refractivity contribution >= 4 is 16.2 Å². The second-order valence-corrected chi connectivity index (χ2v) is 5.72. The van der Waals surface area contributed by atoms with E-state index < -0.39 is 10.0 Å². The van der Waals surface area contributed by atoms with Gasteiger partial charge in [-0.25, -0.2) is 4.83 Å². The Morgan fingerprint density at radius 3 is 2.52 bits per heavy atom. The van der Waals surface area contributed by atoms with E-state index in [9.17, 15) is 13.5 Å². The van der Waals surface area contributed by atoms with Gasteiger partial charge in [-0.1, -0.05) is 24.3 Å². The number of nitrogens with one attached hydrogen (secondary N) is 1. The molecule has 2 aromatic rings. The zero-order valence-corrected chi connectivity index (χ0v) is 12.0. The molecular formula is C14H14N2O4S. The quantitative estimate of drug-likeness (QED) is 0.650. The third-order valence-electron chi connectivity index (χ3n) is 2.68. The molecule has 0 heterocycles. The summed E-state index contributed by atoms with van der Waals surface area (Å²) >= 11 is 0. The molecule has 2 aromatic carbocycles. The van der Waals surface area contributed by atoms with E-state index in [4.69, 9.17) is 4.74 Å². The zero-order valence-electron chi connectivity index (χ0n) is 11.2. The SMILES string of the molecule is COc1cccc(C=NNS(=O)(=O)c2ccccc2)c1O. The number of ether oxygens (including phenoxy) is 1. The standard InChI is InChI=1S/C14H14N2O4S/c1-20-13-9-5-6-11(14(13)17)10-15-16-21(18,19)12-7-3-2-4-8-12/h2-10,16-17H,1H3. The van der Waals surface area contributed by atoms with Crippen LogP contribution in [0.25, 0.3) is 0 Å². The topological polar surface area (TPSA) is 88.0 Å². The lowest BCUT2D eigenvalue weighted by atomic mass is 10.2. The Morgan fingerprint density at radius 1 is 1.14 bits per heavy atom. The number of sulfonamides is 1. The predicted molar refractivity (Wildman–Crippen MR) is 79.0 cm³/mol. The predicted octanol–water partition coefficient (Wildman–Crippen LogP) is 1.71. The fraction of sp³-hybridized carbons (Fsp3) is 0.0714. The summed E-state index contributed by atoms with van der Waals surface area (Å²) in [5.41, 5.74) is 0.338. The van der Waals surface area contributed by atoms with Gasteiger partial charge in [0.1, 0.15) is 0 Å². The number of para-hydroxylation sites is 1. The van der Waals surface area contributed by atoms with Crippen LogP contribution >= 0.6 is 0 Å². The summed E-state index contributed by atoms with van der Waals surface area (Å²) in [5.74, 6) is 0.174. The molecular weight excluding hydrogens is 292 g/mol. The maximum atomic E-state index is 11.9. The Morgan fingerprint density at radius 2 is 1.86 bits per heavy atom. The van der Waals surface area contributed by atoms with Crippen molar-refractivity contribution in [1.82, 2.24) is 4.83 Å². The first-order chi connectivity index (χ1) is 10.0. The first kappa shape index (κ1) is 14.9. The number of phenols is 1. The molecule has 7 heteroatoms. The van der Waals surface area contributed by atoms with Crippen molar-refractivity contribution < 1.29 is 18.3 Å². The highest BCUT2D eigenvalue weighted by molar-refractivity contribution is 7.89.